The number of hydrogen-bond donors (Lipinski definition) is 0. The van der Waals surface area contributed by atoms with Crippen LogP contribution in [0.4, 0.5) is 5.69 Å². The first-order valence-corrected chi connectivity index (χ1v) is 7.83. The number of benzene rings is 2. The van der Waals surface area contributed by atoms with Gasteiger partial charge in [0, 0.05) is 25.8 Å². The third kappa shape index (κ3) is 2.14. The van der Waals surface area contributed by atoms with Crippen molar-refractivity contribution < 1.29 is 0 Å². The minimum atomic E-state index is 0.486. The number of likely N-dealkylation sites (N-methyl/N-ethyl adjacent to an activating group) is 2. The number of fused-ring (bicyclic) bond motifs is 2. The van der Waals surface area contributed by atoms with Crippen LogP contribution in [0.5, 0.6) is 0 Å². The monoisotopic (exact) mass is 278 g/mol. The lowest BCUT2D eigenvalue weighted by molar-refractivity contribution is 0.312. The van der Waals surface area contributed by atoms with Crippen molar-refractivity contribution in [1.82, 2.24) is 4.90 Å². The highest BCUT2D eigenvalue weighted by Crippen LogP contribution is 2.39. The van der Waals surface area contributed by atoms with Crippen LogP contribution >= 0.6 is 0 Å². The Morgan fingerprint density at radius 1 is 0.952 bits per heavy atom. The molecule has 21 heavy (non-hydrogen) atoms. The molecule has 0 N–H and O–H groups in total. The zero-order chi connectivity index (χ0) is 14.4. The molecular weight excluding hydrogens is 256 g/mol. The lowest BCUT2D eigenvalue weighted by atomic mass is 9.94. The standard InChI is InChI=1S/C19H22N2/c1-20-10-9-14-7-8-16(11-17(14)13-20)19-12-15-5-3-4-6-18(15)21(19)2/h3-8,11,19H,9-10,12-13H2,1-2H3. The molecule has 0 radical (unpaired) electrons. The second kappa shape index (κ2) is 4.88. The molecule has 0 aliphatic carbocycles. The van der Waals surface area contributed by atoms with Crippen molar-refractivity contribution in [2.24, 2.45) is 0 Å². The summed E-state index contributed by atoms with van der Waals surface area (Å²) in [5, 5.41) is 0. The van der Waals surface area contributed by atoms with Crippen molar-refractivity contribution in [1.29, 1.82) is 0 Å². The molecule has 2 heterocycles. The van der Waals surface area contributed by atoms with Gasteiger partial charge >= 0.3 is 0 Å². The summed E-state index contributed by atoms with van der Waals surface area (Å²) in [6.07, 6.45) is 2.31. The van der Waals surface area contributed by atoms with E-state index in [1.54, 1.807) is 0 Å². The summed E-state index contributed by atoms with van der Waals surface area (Å²) in [5.41, 5.74) is 7.38. The van der Waals surface area contributed by atoms with E-state index >= 15 is 0 Å². The Labute approximate surface area is 127 Å². The molecule has 1 unspecified atom stereocenters. The molecule has 0 aromatic heterocycles. The summed E-state index contributed by atoms with van der Waals surface area (Å²) in [4.78, 5) is 4.85. The van der Waals surface area contributed by atoms with Crippen molar-refractivity contribution in [2.75, 3.05) is 25.5 Å². The van der Waals surface area contributed by atoms with Crippen LogP contribution < -0.4 is 4.90 Å². The molecule has 0 spiro atoms. The fourth-order valence-corrected chi connectivity index (χ4v) is 3.81. The molecule has 0 fully saturated rings. The number of rotatable bonds is 1. The van der Waals surface area contributed by atoms with Crippen molar-refractivity contribution >= 4 is 5.69 Å². The molecule has 0 saturated carbocycles. The highest BCUT2D eigenvalue weighted by molar-refractivity contribution is 5.60. The molecule has 0 bridgehead atoms. The number of anilines is 1. The number of nitrogens with zero attached hydrogens (tertiary/aromatic N) is 2. The molecule has 0 saturated heterocycles. The summed E-state index contributed by atoms with van der Waals surface area (Å²) in [7, 11) is 4.44. The van der Waals surface area contributed by atoms with Crippen LogP contribution in [0.2, 0.25) is 0 Å². The van der Waals surface area contributed by atoms with Crippen LogP contribution in [0, 0.1) is 0 Å². The van der Waals surface area contributed by atoms with Gasteiger partial charge in [0.2, 0.25) is 0 Å². The van der Waals surface area contributed by atoms with Gasteiger partial charge in [0.25, 0.3) is 0 Å². The van der Waals surface area contributed by atoms with Gasteiger partial charge in [-0.15, -0.1) is 0 Å². The molecule has 4 rings (SSSR count). The van der Waals surface area contributed by atoms with Crippen molar-refractivity contribution in [2.45, 2.75) is 25.4 Å². The average Bonchev–Trinajstić information content (AvgIpc) is 2.84. The Hall–Kier alpha value is -1.80. The van der Waals surface area contributed by atoms with Crippen LogP contribution in [-0.4, -0.2) is 25.5 Å². The van der Waals surface area contributed by atoms with Gasteiger partial charge in [-0.1, -0.05) is 36.4 Å². The van der Waals surface area contributed by atoms with Crippen LogP contribution in [0.25, 0.3) is 0 Å². The third-order valence-electron chi connectivity index (χ3n) is 5.07. The normalized spacial score (nSPS) is 21.2. The van der Waals surface area contributed by atoms with Crippen LogP contribution in [0.15, 0.2) is 42.5 Å². The third-order valence-corrected chi connectivity index (χ3v) is 5.07. The fourth-order valence-electron chi connectivity index (χ4n) is 3.81. The quantitative estimate of drug-likeness (QED) is 0.789. The van der Waals surface area contributed by atoms with E-state index in [0.717, 1.165) is 13.0 Å². The predicted molar refractivity (Wildman–Crippen MR) is 87.8 cm³/mol. The van der Waals surface area contributed by atoms with Gasteiger partial charge in [-0.3, -0.25) is 0 Å². The summed E-state index contributed by atoms with van der Waals surface area (Å²) >= 11 is 0. The first-order valence-electron chi connectivity index (χ1n) is 7.83. The first kappa shape index (κ1) is 12.9. The van der Waals surface area contributed by atoms with E-state index in [2.05, 4.69) is 66.4 Å². The lowest BCUT2D eigenvalue weighted by Crippen LogP contribution is -2.27. The van der Waals surface area contributed by atoms with Gasteiger partial charge in [0.05, 0.1) is 6.04 Å². The molecule has 2 nitrogen and oxygen atoms in total. The Kier molecular flexibility index (Phi) is 3.00. The second-order valence-corrected chi connectivity index (χ2v) is 6.48. The highest BCUT2D eigenvalue weighted by atomic mass is 15.2. The van der Waals surface area contributed by atoms with E-state index in [0.29, 0.717) is 6.04 Å². The van der Waals surface area contributed by atoms with E-state index in [-0.39, 0.29) is 0 Å². The number of para-hydroxylation sites is 1. The molecule has 0 amide bonds. The largest absolute Gasteiger partial charge is 0.367 e. The van der Waals surface area contributed by atoms with Crippen molar-refractivity contribution in [3.63, 3.8) is 0 Å². The lowest BCUT2D eigenvalue weighted by Gasteiger charge is -2.28. The van der Waals surface area contributed by atoms with Crippen LogP contribution in [0.3, 0.4) is 0 Å². The van der Waals surface area contributed by atoms with Gasteiger partial charge < -0.3 is 9.80 Å². The molecular formula is C19H22N2. The fraction of sp³-hybridized carbons (Fsp3) is 0.368. The van der Waals surface area contributed by atoms with Gasteiger partial charge in [0.15, 0.2) is 0 Å². The molecule has 2 aromatic rings. The molecule has 2 aromatic carbocycles. The smallest absolute Gasteiger partial charge is 0.0580 e. The Morgan fingerprint density at radius 2 is 1.81 bits per heavy atom. The maximum atomic E-state index is 2.44. The minimum absolute atomic E-state index is 0.486. The molecule has 2 heteroatoms. The maximum absolute atomic E-state index is 2.44. The Balaban J connectivity index is 1.68. The van der Waals surface area contributed by atoms with E-state index < -0.39 is 0 Å². The molecule has 2 aliphatic rings. The van der Waals surface area contributed by atoms with Crippen molar-refractivity contribution in [3.05, 3.63) is 64.7 Å². The first-order chi connectivity index (χ1) is 10.2. The van der Waals surface area contributed by atoms with Crippen molar-refractivity contribution in [3.8, 4) is 0 Å². The van der Waals surface area contributed by atoms with E-state index in [1.165, 1.54) is 40.9 Å². The van der Waals surface area contributed by atoms with E-state index in [1.807, 2.05) is 0 Å². The van der Waals surface area contributed by atoms with Gasteiger partial charge in [-0.05, 0) is 48.2 Å². The molecule has 108 valence electrons. The minimum Gasteiger partial charge on any atom is -0.367 e. The topological polar surface area (TPSA) is 6.48 Å². The van der Waals surface area contributed by atoms with Gasteiger partial charge in [0.1, 0.15) is 0 Å². The summed E-state index contributed by atoms with van der Waals surface area (Å²) in [5.74, 6) is 0. The van der Waals surface area contributed by atoms with E-state index in [4.69, 9.17) is 0 Å². The van der Waals surface area contributed by atoms with Gasteiger partial charge in [-0.25, -0.2) is 0 Å². The second-order valence-electron chi connectivity index (χ2n) is 6.48. The summed E-state index contributed by atoms with van der Waals surface area (Å²) in [6.45, 7) is 2.27. The summed E-state index contributed by atoms with van der Waals surface area (Å²) < 4.78 is 0. The zero-order valence-electron chi connectivity index (χ0n) is 12.8. The van der Waals surface area contributed by atoms with E-state index in [9.17, 15) is 0 Å². The van der Waals surface area contributed by atoms with Crippen LogP contribution in [0.1, 0.15) is 28.3 Å². The SMILES string of the molecule is CN1CCc2ccc(C3Cc4ccccc4N3C)cc2C1. The molecule has 2 aliphatic heterocycles. The van der Waals surface area contributed by atoms with Crippen LogP contribution in [-0.2, 0) is 19.4 Å². The Morgan fingerprint density at radius 3 is 2.67 bits per heavy atom. The maximum Gasteiger partial charge on any atom is 0.0580 e. The molecule has 1 atom stereocenters. The van der Waals surface area contributed by atoms with Gasteiger partial charge in [-0.2, -0.15) is 0 Å². The predicted octanol–water partition coefficient (Wildman–Crippen LogP) is 3.41. The number of hydrogen-bond acceptors (Lipinski definition) is 2. The highest BCUT2D eigenvalue weighted by Gasteiger charge is 2.28. The Bertz CT molecular complexity index is 677. The zero-order valence-corrected chi connectivity index (χ0v) is 12.8. The average molecular weight is 278 g/mol. The summed E-state index contributed by atoms with van der Waals surface area (Å²) in [6, 6.07) is 16.4.